The van der Waals surface area contributed by atoms with E-state index in [0.29, 0.717) is 26.3 Å². The van der Waals surface area contributed by atoms with Crippen molar-refractivity contribution in [2.24, 2.45) is 11.5 Å². The molecular weight excluding hydrogens is 274 g/mol. The average Bonchev–Trinajstić information content (AvgIpc) is 2.71. The van der Waals surface area contributed by atoms with Crippen molar-refractivity contribution >= 4 is 30.8 Å². The average molecular weight is 291 g/mol. The van der Waals surface area contributed by atoms with E-state index in [4.69, 9.17) is 20.8 Å². The van der Waals surface area contributed by atoms with Crippen molar-refractivity contribution in [3.63, 3.8) is 0 Å². The second kappa shape index (κ2) is 5.56. The smallest absolute Gasteiger partial charge is 0.363 e. The van der Waals surface area contributed by atoms with Crippen LogP contribution in [0.5, 0.6) is 0 Å². The van der Waals surface area contributed by atoms with E-state index >= 15 is 0 Å². The number of hydrogen-bond donors (Lipinski definition) is 2. The van der Waals surface area contributed by atoms with Gasteiger partial charge in [0.15, 0.2) is 0 Å². The molecule has 22 heavy (non-hydrogen) atoms. The number of benzene rings is 2. The molecule has 2 aliphatic carbocycles. The predicted molar refractivity (Wildman–Crippen MR) is 91.3 cm³/mol. The zero-order valence-electron chi connectivity index (χ0n) is 12.3. The highest BCUT2D eigenvalue weighted by Gasteiger charge is 2.43. The maximum atomic E-state index is 5.94. The molecule has 2 aliphatic heterocycles. The van der Waals surface area contributed by atoms with Crippen LogP contribution in [0, 0.1) is 0 Å². The molecule has 0 spiro atoms. The highest BCUT2D eigenvalue weighted by molar-refractivity contribution is 6.91. The minimum absolute atomic E-state index is 0.0463. The highest BCUT2D eigenvalue weighted by atomic mass is 16.4. The van der Waals surface area contributed by atoms with Crippen LogP contribution in [0.3, 0.4) is 0 Å². The van der Waals surface area contributed by atoms with Gasteiger partial charge >= 0.3 is 14.4 Å². The summed E-state index contributed by atoms with van der Waals surface area (Å²) in [6, 6.07) is 10.9. The van der Waals surface area contributed by atoms with E-state index in [1.807, 2.05) is 7.48 Å². The maximum absolute atomic E-state index is 5.94. The van der Waals surface area contributed by atoms with Gasteiger partial charge in [-0.3, -0.25) is 0 Å². The lowest BCUT2D eigenvalue weighted by atomic mass is 9.40. The fraction of sp³-hybridized carbons (Fsp3) is 0.250. The summed E-state index contributed by atoms with van der Waals surface area (Å²) in [7, 11) is 1.82. The van der Waals surface area contributed by atoms with Crippen molar-refractivity contribution in [1.29, 1.82) is 0 Å². The van der Waals surface area contributed by atoms with E-state index < -0.39 is 0 Å². The number of hydrogen-bond acceptors (Lipinski definition) is 4. The molecule has 0 aromatic heterocycles. The van der Waals surface area contributed by atoms with E-state index in [-0.39, 0.29) is 6.92 Å². The number of fused-ring (bicyclic) bond motifs is 3. The summed E-state index contributed by atoms with van der Waals surface area (Å²) in [6.07, 6.45) is 0. The molecule has 0 saturated heterocycles. The molecule has 0 fully saturated rings. The first kappa shape index (κ1) is 14.0. The summed E-state index contributed by atoms with van der Waals surface area (Å²) in [5.41, 5.74) is 19.7. The molecule has 109 valence electrons. The van der Waals surface area contributed by atoms with Crippen LogP contribution in [-0.4, -0.2) is 40.7 Å². The summed E-state index contributed by atoms with van der Waals surface area (Å²) >= 11 is 0. The van der Waals surface area contributed by atoms with E-state index in [1.54, 1.807) is 0 Å². The van der Waals surface area contributed by atoms with Gasteiger partial charge in [-0.05, 0) is 38.6 Å². The molecule has 6 heteroatoms. The molecule has 4 nitrogen and oxygen atoms in total. The molecule has 0 saturated carbocycles. The Morgan fingerprint density at radius 3 is 2.32 bits per heavy atom. The Bertz CT molecular complexity index is 718. The molecule has 0 atom stereocenters. The Kier molecular flexibility index (Phi) is 3.54. The number of nitrogens with two attached hydrogens (primary N) is 2. The van der Waals surface area contributed by atoms with Crippen LogP contribution < -0.4 is 27.9 Å². The van der Waals surface area contributed by atoms with Gasteiger partial charge in [0.2, 0.25) is 0 Å². The Labute approximate surface area is 131 Å². The van der Waals surface area contributed by atoms with Crippen LogP contribution in [0.4, 0.5) is 0 Å². The normalized spacial score (nSPS) is 13.1. The standard InChI is InChI=1S/C16H17B2N2O2/c19-5-7-21-17-12-9-13-15-11-3-1-10(2-4-11)14(12)16(15)18(13)22-8-6-20/h1-4,9H,5-8,19-20H2. The summed E-state index contributed by atoms with van der Waals surface area (Å²) in [5.74, 6) is 0. The molecule has 4 aliphatic rings. The van der Waals surface area contributed by atoms with Crippen LogP contribution in [0.15, 0.2) is 30.3 Å². The predicted octanol–water partition coefficient (Wildman–Crippen LogP) is -1.05. The third-order valence-electron chi connectivity index (χ3n) is 4.28. The second-order valence-electron chi connectivity index (χ2n) is 5.61. The Morgan fingerprint density at radius 1 is 0.955 bits per heavy atom. The minimum Gasteiger partial charge on any atom is -0.433 e. The SMILES string of the molecule is NCCO[B]c1cc2c3c(c1-c1ccc-3cc1)B2OCCN. The molecule has 4 N–H and O–H groups in total. The fourth-order valence-corrected chi connectivity index (χ4v) is 3.41. The van der Waals surface area contributed by atoms with Gasteiger partial charge in [0.05, 0.1) is 0 Å². The zero-order valence-corrected chi connectivity index (χ0v) is 12.3. The first-order valence-corrected chi connectivity index (χ1v) is 7.63. The van der Waals surface area contributed by atoms with Gasteiger partial charge in [0.1, 0.15) is 0 Å². The monoisotopic (exact) mass is 291 g/mol. The molecular formula is C16H17B2N2O2. The van der Waals surface area contributed by atoms with Crippen molar-refractivity contribution < 1.29 is 9.31 Å². The molecule has 2 aromatic carbocycles. The van der Waals surface area contributed by atoms with Gasteiger partial charge in [0.25, 0.3) is 0 Å². The van der Waals surface area contributed by atoms with Crippen LogP contribution in [-0.2, 0) is 9.31 Å². The van der Waals surface area contributed by atoms with Crippen molar-refractivity contribution in [1.82, 2.24) is 0 Å². The van der Waals surface area contributed by atoms with Gasteiger partial charge in [-0.15, -0.1) is 0 Å². The Morgan fingerprint density at radius 2 is 1.64 bits per heavy atom. The third kappa shape index (κ3) is 1.96. The molecule has 6 rings (SSSR count). The Hall–Kier alpha value is -1.59. The van der Waals surface area contributed by atoms with Crippen LogP contribution >= 0.6 is 0 Å². The largest absolute Gasteiger partial charge is 0.433 e. The lowest BCUT2D eigenvalue weighted by molar-refractivity contribution is 0.343. The lowest BCUT2D eigenvalue weighted by Crippen LogP contribution is -2.61. The van der Waals surface area contributed by atoms with E-state index in [1.165, 1.54) is 33.2 Å². The minimum atomic E-state index is 0.0463. The van der Waals surface area contributed by atoms with E-state index in [0.717, 1.165) is 5.46 Å². The Balaban J connectivity index is 1.76. The quantitative estimate of drug-likeness (QED) is 0.430. The first-order chi connectivity index (χ1) is 10.8. The molecule has 0 unspecified atom stereocenters. The molecule has 0 amide bonds. The third-order valence-corrected chi connectivity index (χ3v) is 4.28. The summed E-state index contributed by atoms with van der Waals surface area (Å²) in [6.45, 7) is 2.19. The highest BCUT2D eigenvalue weighted by Crippen LogP contribution is 2.33. The number of rotatable bonds is 7. The van der Waals surface area contributed by atoms with Gasteiger partial charge < -0.3 is 20.8 Å². The van der Waals surface area contributed by atoms with Crippen molar-refractivity contribution in [2.45, 2.75) is 0 Å². The topological polar surface area (TPSA) is 70.5 Å². The van der Waals surface area contributed by atoms with Gasteiger partial charge in [-0.25, -0.2) is 0 Å². The fourth-order valence-electron chi connectivity index (χ4n) is 3.41. The van der Waals surface area contributed by atoms with Crippen LogP contribution in [0.2, 0.25) is 0 Å². The second-order valence-corrected chi connectivity index (χ2v) is 5.61. The van der Waals surface area contributed by atoms with E-state index in [2.05, 4.69) is 30.3 Å². The van der Waals surface area contributed by atoms with Gasteiger partial charge in [-0.1, -0.05) is 30.3 Å². The molecule has 1 radical (unpaired) electrons. The van der Waals surface area contributed by atoms with Crippen molar-refractivity contribution in [2.75, 3.05) is 26.3 Å². The molecule has 2 aromatic rings. The molecule has 2 heterocycles. The van der Waals surface area contributed by atoms with Crippen LogP contribution in [0.25, 0.3) is 22.3 Å². The maximum Gasteiger partial charge on any atom is 0.363 e. The first-order valence-electron chi connectivity index (χ1n) is 7.63. The molecule has 6 bridgehead atoms. The summed E-state index contributed by atoms with van der Waals surface area (Å²) in [5, 5.41) is 0. The van der Waals surface area contributed by atoms with E-state index in [9.17, 15) is 0 Å². The van der Waals surface area contributed by atoms with Gasteiger partial charge in [0, 0.05) is 26.3 Å². The van der Waals surface area contributed by atoms with Crippen molar-refractivity contribution in [3.05, 3.63) is 30.3 Å². The van der Waals surface area contributed by atoms with Crippen molar-refractivity contribution in [3.8, 4) is 22.3 Å². The van der Waals surface area contributed by atoms with Crippen LogP contribution in [0.1, 0.15) is 0 Å². The van der Waals surface area contributed by atoms with Gasteiger partial charge in [-0.2, -0.15) is 0 Å². The summed E-state index contributed by atoms with van der Waals surface area (Å²) in [4.78, 5) is 0. The lowest BCUT2D eigenvalue weighted by Gasteiger charge is -2.33. The summed E-state index contributed by atoms with van der Waals surface area (Å²) < 4.78 is 11.5. The zero-order chi connectivity index (χ0) is 15.1.